The molecule has 0 bridgehead atoms. The maximum atomic E-state index is 6.35. The van der Waals surface area contributed by atoms with Crippen molar-refractivity contribution in [3.05, 3.63) is 35.6 Å². The van der Waals surface area contributed by atoms with E-state index in [1.54, 1.807) is 0 Å². The summed E-state index contributed by atoms with van der Waals surface area (Å²) < 4.78 is 11.9. The van der Waals surface area contributed by atoms with E-state index in [4.69, 9.17) is 19.4 Å². The molecule has 5 rings (SSSR count). The Bertz CT molecular complexity index is 856. The molecule has 1 aromatic heterocycles. The van der Waals surface area contributed by atoms with Gasteiger partial charge in [0.25, 0.3) is 0 Å². The van der Waals surface area contributed by atoms with Gasteiger partial charge in [-0.1, -0.05) is 38.2 Å². The molecule has 1 aromatic rings. The predicted molar refractivity (Wildman–Crippen MR) is 128 cm³/mol. The van der Waals surface area contributed by atoms with Gasteiger partial charge in [-0.2, -0.15) is 4.98 Å². The summed E-state index contributed by atoms with van der Waals surface area (Å²) in [6.45, 7) is 8.99. The van der Waals surface area contributed by atoms with E-state index >= 15 is 0 Å². The molecule has 2 aliphatic carbocycles. The van der Waals surface area contributed by atoms with Gasteiger partial charge < -0.3 is 19.7 Å². The molecule has 2 saturated heterocycles. The first kappa shape index (κ1) is 21.9. The summed E-state index contributed by atoms with van der Waals surface area (Å²) in [6.07, 6.45) is 16.6. The third-order valence-corrected chi connectivity index (χ3v) is 7.59. The third-order valence-electron chi connectivity index (χ3n) is 7.59. The maximum absolute atomic E-state index is 6.35. The van der Waals surface area contributed by atoms with Crippen LogP contribution in [0.4, 0.5) is 11.8 Å². The molecule has 0 amide bonds. The van der Waals surface area contributed by atoms with Crippen LogP contribution in [0.2, 0.25) is 0 Å². The summed E-state index contributed by atoms with van der Waals surface area (Å²) in [5, 5.41) is 3.77. The molecule has 0 radical (unpaired) electrons. The van der Waals surface area contributed by atoms with Crippen molar-refractivity contribution in [2.45, 2.75) is 76.9 Å². The number of aryl methyl sites for hydroxylation is 1. The van der Waals surface area contributed by atoms with Gasteiger partial charge in [0.15, 0.2) is 0 Å². The molecule has 1 unspecified atom stereocenters. The van der Waals surface area contributed by atoms with Crippen LogP contribution in [0.15, 0.2) is 24.3 Å². The minimum absolute atomic E-state index is 0.135. The van der Waals surface area contributed by atoms with Gasteiger partial charge in [-0.05, 0) is 50.9 Å². The van der Waals surface area contributed by atoms with Crippen LogP contribution in [0.5, 0.6) is 0 Å². The second-order valence-electron chi connectivity index (χ2n) is 10.3. The second kappa shape index (κ2) is 9.52. The van der Waals surface area contributed by atoms with Crippen LogP contribution in [0.3, 0.4) is 0 Å². The summed E-state index contributed by atoms with van der Waals surface area (Å²) in [4.78, 5) is 12.5. The number of piperidine rings is 1. The first-order chi connectivity index (χ1) is 15.6. The average Bonchev–Trinajstić information content (AvgIpc) is 3.20. The zero-order valence-electron chi connectivity index (χ0n) is 19.7. The van der Waals surface area contributed by atoms with Crippen molar-refractivity contribution in [2.75, 3.05) is 43.1 Å². The number of anilines is 2. The molecule has 6 heteroatoms. The summed E-state index contributed by atoms with van der Waals surface area (Å²) in [5.74, 6) is 2.51. The number of rotatable bonds is 6. The summed E-state index contributed by atoms with van der Waals surface area (Å²) in [5.41, 5.74) is 2.73. The van der Waals surface area contributed by atoms with Gasteiger partial charge >= 0.3 is 0 Å². The largest absolute Gasteiger partial charge is 0.381 e. The van der Waals surface area contributed by atoms with Crippen LogP contribution in [-0.4, -0.2) is 55.0 Å². The number of ether oxygens (including phenoxy) is 2. The highest BCUT2D eigenvalue weighted by Crippen LogP contribution is 2.38. The smallest absolute Gasteiger partial charge is 0.227 e. The number of allylic oxidation sites excluding steroid dienone is 3. The number of aromatic nitrogens is 2. The lowest BCUT2D eigenvalue weighted by atomic mass is 9.85. The summed E-state index contributed by atoms with van der Waals surface area (Å²) in [6, 6.07) is 0.451. The Balaban J connectivity index is 1.23. The minimum atomic E-state index is 0.135. The monoisotopic (exact) mass is 438 g/mol. The maximum Gasteiger partial charge on any atom is 0.227 e. The topological polar surface area (TPSA) is 59.5 Å². The molecular weight excluding hydrogens is 400 g/mol. The van der Waals surface area contributed by atoms with E-state index in [9.17, 15) is 0 Å². The highest BCUT2D eigenvalue weighted by Gasteiger charge is 2.30. The first-order valence-electron chi connectivity index (χ1n) is 12.6. The van der Waals surface area contributed by atoms with E-state index in [1.807, 2.05) is 0 Å². The van der Waals surface area contributed by atoms with Crippen molar-refractivity contribution < 1.29 is 9.47 Å². The van der Waals surface area contributed by atoms with Gasteiger partial charge in [0.1, 0.15) is 5.82 Å². The van der Waals surface area contributed by atoms with E-state index in [2.05, 4.69) is 48.4 Å². The Hall–Kier alpha value is -1.92. The number of hydrogen-bond acceptors (Lipinski definition) is 6. The van der Waals surface area contributed by atoms with E-state index < -0.39 is 0 Å². The Morgan fingerprint density at radius 2 is 1.94 bits per heavy atom. The molecule has 0 aromatic carbocycles. The van der Waals surface area contributed by atoms with Gasteiger partial charge in [0.2, 0.25) is 5.95 Å². The molecule has 3 heterocycles. The van der Waals surface area contributed by atoms with Crippen LogP contribution >= 0.6 is 0 Å². The summed E-state index contributed by atoms with van der Waals surface area (Å²) in [7, 11) is 0. The molecule has 174 valence electrons. The molecule has 4 aliphatic rings. The van der Waals surface area contributed by atoms with E-state index in [0.29, 0.717) is 18.1 Å². The Morgan fingerprint density at radius 3 is 2.69 bits per heavy atom. The number of fused-ring (bicyclic) bond motifs is 1. The zero-order valence-corrected chi connectivity index (χ0v) is 19.7. The number of hydrogen-bond donors (Lipinski definition) is 1. The first-order valence-corrected chi connectivity index (χ1v) is 12.6. The van der Waals surface area contributed by atoms with Crippen molar-refractivity contribution in [1.82, 2.24) is 9.97 Å². The van der Waals surface area contributed by atoms with Crippen LogP contribution in [0.1, 0.15) is 69.5 Å². The van der Waals surface area contributed by atoms with Gasteiger partial charge in [-0.15, -0.1) is 0 Å². The average molecular weight is 439 g/mol. The highest BCUT2D eigenvalue weighted by molar-refractivity contribution is 5.55. The Morgan fingerprint density at radius 1 is 1.12 bits per heavy atom. The molecule has 0 spiro atoms. The molecule has 0 saturated carbocycles. The fourth-order valence-corrected chi connectivity index (χ4v) is 5.40. The molecule has 1 N–H and O–H groups in total. The van der Waals surface area contributed by atoms with Gasteiger partial charge in [0, 0.05) is 43.3 Å². The van der Waals surface area contributed by atoms with Gasteiger partial charge in [0.05, 0.1) is 18.4 Å². The lowest BCUT2D eigenvalue weighted by molar-refractivity contribution is 0.000325. The van der Waals surface area contributed by atoms with Crippen molar-refractivity contribution in [1.29, 1.82) is 0 Å². The summed E-state index contributed by atoms with van der Waals surface area (Å²) >= 11 is 0. The molecule has 6 nitrogen and oxygen atoms in total. The third kappa shape index (κ3) is 4.86. The zero-order chi connectivity index (χ0) is 22.0. The highest BCUT2D eigenvalue weighted by atomic mass is 16.5. The molecule has 2 aliphatic heterocycles. The van der Waals surface area contributed by atoms with Crippen molar-refractivity contribution in [3.63, 3.8) is 0 Å². The van der Waals surface area contributed by atoms with Crippen molar-refractivity contribution >= 4 is 11.8 Å². The molecule has 2 atom stereocenters. The SMILES string of the molecule is CC1CCc2nc(N3CCC(OC[C@]4(C)C=CC=CC4)CC3)nc(NC3CCOCC3)c21. The predicted octanol–water partition coefficient (Wildman–Crippen LogP) is 4.63. The molecule has 32 heavy (non-hydrogen) atoms. The van der Waals surface area contributed by atoms with Crippen LogP contribution in [-0.2, 0) is 15.9 Å². The van der Waals surface area contributed by atoms with Crippen molar-refractivity contribution in [2.24, 2.45) is 5.41 Å². The normalized spacial score (nSPS) is 28.8. The van der Waals surface area contributed by atoms with E-state index in [1.165, 1.54) is 17.7 Å². The standard InChI is InChI=1S/C26H38N4O2/c1-19-6-7-22-23(19)24(27-20-10-16-31-17-11-20)29-25(28-22)30-14-8-21(9-15-30)32-18-26(2)12-4-3-5-13-26/h3-5,12,19-21H,6-11,13-18H2,1-2H3,(H,27,28,29)/t19?,26-/m1/s1. The number of nitrogens with one attached hydrogen (secondary N) is 1. The van der Waals surface area contributed by atoms with Crippen LogP contribution in [0.25, 0.3) is 0 Å². The Labute approximate surface area is 192 Å². The minimum Gasteiger partial charge on any atom is -0.381 e. The lowest BCUT2D eigenvalue weighted by Crippen LogP contribution is -2.39. The van der Waals surface area contributed by atoms with E-state index in [0.717, 1.165) is 83.2 Å². The molecule has 2 fully saturated rings. The number of nitrogens with zero attached hydrogens (tertiary/aromatic N) is 3. The van der Waals surface area contributed by atoms with Gasteiger partial charge in [-0.25, -0.2) is 4.98 Å². The fourth-order valence-electron chi connectivity index (χ4n) is 5.40. The Kier molecular flexibility index (Phi) is 6.51. The van der Waals surface area contributed by atoms with Crippen LogP contribution < -0.4 is 10.2 Å². The van der Waals surface area contributed by atoms with Crippen LogP contribution in [0, 0.1) is 5.41 Å². The lowest BCUT2D eigenvalue weighted by Gasteiger charge is -2.35. The molecular formula is C26H38N4O2. The fraction of sp³-hybridized carbons (Fsp3) is 0.692. The quantitative estimate of drug-likeness (QED) is 0.699. The van der Waals surface area contributed by atoms with Crippen molar-refractivity contribution in [3.8, 4) is 0 Å². The van der Waals surface area contributed by atoms with Gasteiger partial charge in [-0.3, -0.25) is 0 Å². The second-order valence-corrected chi connectivity index (χ2v) is 10.3. The van der Waals surface area contributed by atoms with E-state index in [-0.39, 0.29) is 5.41 Å².